The Labute approximate surface area is 232 Å². The first-order valence-electron chi connectivity index (χ1n) is 12.4. The molecule has 202 valence electrons. The fraction of sp³-hybridized carbons (Fsp3) is 0.161. The SMILES string of the molecule is COC(=O)C1=C(C(=O)OC)N(c2cc(C)ccc2NC(=O)c2ccccc2C)C(N)=C(C#N)C1c1ccccc1. The molecule has 1 aliphatic heterocycles. The summed E-state index contributed by atoms with van der Waals surface area (Å²) in [4.78, 5) is 41.3. The maximum Gasteiger partial charge on any atom is 0.355 e. The molecular formula is C31H28N4O5. The quantitative estimate of drug-likeness (QED) is 0.441. The van der Waals surface area contributed by atoms with Gasteiger partial charge < -0.3 is 20.5 Å². The van der Waals surface area contributed by atoms with E-state index in [4.69, 9.17) is 15.2 Å². The molecule has 3 aromatic carbocycles. The highest BCUT2D eigenvalue weighted by molar-refractivity contribution is 6.10. The van der Waals surface area contributed by atoms with Crippen LogP contribution in [-0.4, -0.2) is 32.1 Å². The van der Waals surface area contributed by atoms with Gasteiger partial charge in [-0.2, -0.15) is 5.26 Å². The number of benzene rings is 3. The molecule has 0 radical (unpaired) electrons. The maximum absolute atomic E-state index is 13.4. The molecule has 1 aliphatic rings. The van der Waals surface area contributed by atoms with Gasteiger partial charge in [0, 0.05) is 5.56 Å². The van der Waals surface area contributed by atoms with Crippen molar-refractivity contribution in [3.63, 3.8) is 0 Å². The molecular weight excluding hydrogens is 508 g/mol. The van der Waals surface area contributed by atoms with Crippen molar-refractivity contribution in [1.29, 1.82) is 5.26 Å². The number of carbonyl (C=O) groups is 3. The van der Waals surface area contributed by atoms with Crippen LogP contribution in [0.1, 0.15) is 33.0 Å². The average molecular weight is 537 g/mol. The molecule has 40 heavy (non-hydrogen) atoms. The van der Waals surface area contributed by atoms with Crippen molar-refractivity contribution in [1.82, 2.24) is 0 Å². The van der Waals surface area contributed by atoms with Gasteiger partial charge in [-0.3, -0.25) is 9.69 Å². The summed E-state index contributed by atoms with van der Waals surface area (Å²) in [6.45, 7) is 3.64. The number of aryl methyl sites for hydroxylation is 2. The molecule has 1 atom stereocenters. The lowest BCUT2D eigenvalue weighted by Gasteiger charge is -2.36. The minimum absolute atomic E-state index is 0.0249. The number of nitrogens with zero attached hydrogens (tertiary/aromatic N) is 2. The van der Waals surface area contributed by atoms with E-state index in [0.29, 0.717) is 16.8 Å². The fourth-order valence-electron chi connectivity index (χ4n) is 4.71. The van der Waals surface area contributed by atoms with Gasteiger partial charge in [0.2, 0.25) is 0 Å². The summed E-state index contributed by atoms with van der Waals surface area (Å²) < 4.78 is 10.2. The Hall–Kier alpha value is -5.36. The maximum atomic E-state index is 13.4. The summed E-state index contributed by atoms with van der Waals surface area (Å²) >= 11 is 0. The molecule has 9 nitrogen and oxygen atoms in total. The number of allylic oxidation sites excluding steroid dienone is 1. The normalized spacial score (nSPS) is 14.9. The number of esters is 2. The van der Waals surface area contributed by atoms with Gasteiger partial charge in [0.05, 0.1) is 48.7 Å². The van der Waals surface area contributed by atoms with E-state index < -0.39 is 17.9 Å². The number of nitrogens with two attached hydrogens (primary N) is 1. The molecule has 1 unspecified atom stereocenters. The van der Waals surface area contributed by atoms with E-state index in [2.05, 4.69) is 11.4 Å². The molecule has 0 aliphatic carbocycles. The van der Waals surface area contributed by atoms with E-state index in [1.807, 2.05) is 26.0 Å². The fourth-order valence-corrected chi connectivity index (χ4v) is 4.71. The van der Waals surface area contributed by atoms with E-state index in [1.54, 1.807) is 60.7 Å². The van der Waals surface area contributed by atoms with Gasteiger partial charge in [0.15, 0.2) is 0 Å². The molecule has 1 heterocycles. The number of methoxy groups -OCH3 is 2. The summed E-state index contributed by atoms with van der Waals surface area (Å²) in [5.41, 5.74) is 9.43. The molecule has 9 heteroatoms. The van der Waals surface area contributed by atoms with Gasteiger partial charge in [-0.05, 0) is 48.7 Å². The molecule has 0 aromatic heterocycles. The summed E-state index contributed by atoms with van der Waals surface area (Å²) in [6, 6.07) is 23.1. The topological polar surface area (TPSA) is 135 Å². The summed E-state index contributed by atoms with van der Waals surface area (Å²) in [7, 11) is 2.36. The second kappa shape index (κ2) is 11.6. The molecule has 0 saturated heterocycles. The lowest BCUT2D eigenvalue weighted by atomic mass is 9.81. The first-order valence-corrected chi connectivity index (χ1v) is 12.4. The predicted molar refractivity (Wildman–Crippen MR) is 150 cm³/mol. The molecule has 1 amide bonds. The van der Waals surface area contributed by atoms with E-state index in [0.717, 1.165) is 11.1 Å². The number of anilines is 2. The monoisotopic (exact) mass is 536 g/mol. The van der Waals surface area contributed by atoms with E-state index in [9.17, 15) is 19.6 Å². The summed E-state index contributed by atoms with van der Waals surface area (Å²) in [5, 5.41) is 13.2. The van der Waals surface area contributed by atoms with Gasteiger partial charge >= 0.3 is 11.9 Å². The Kier molecular flexibility index (Phi) is 8.01. The molecule has 0 spiro atoms. The number of hydrogen-bond acceptors (Lipinski definition) is 8. The number of hydrogen-bond donors (Lipinski definition) is 2. The first-order chi connectivity index (χ1) is 19.2. The number of nitrogens with one attached hydrogen (secondary N) is 1. The van der Waals surface area contributed by atoms with Gasteiger partial charge in [-0.1, -0.05) is 54.6 Å². The zero-order valence-electron chi connectivity index (χ0n) is 22.5. The molecule has 3 aromatic rings. The third-order valence-corrected chi connectivity index (χ3v) is 6.64. The number of rotatable bonds is 6. The second-order valence-electron chi connectivity index (χ2n) is 9.12. The Morgan fingerprint density at radius 2 is 1.57 bits per heavy atom. The summed E-state index contributed by atoms with van der Waals surface area (Å²) in [5.74, 6) is -3.20. The Morgan fingerprint density at radius 1 is 0.925 bits per heavy atom. The van der Waals surface area contributed by atoms with Crippen LogP contribution in [0.4, 0.5) is 11.4 Å². The van der Waals surface area contributed by atoms with Crippen LogP contribution in [0, 0.1) is 25.2 Å². The number of carbonyl (C=O) groups excluding carboxylic acids is 3. The van der Waals surface area contributed by atoms with Crippen molar-refractivity contribution in [2.75, 3.05) is 24.4 Å². The Morgan fingerprint density at radius 3 is 2.20 bits per heavy atom. The molecule has 3 N–H and O–H groups in total. The average Bonchev–Trinajstić information content (AvgIpc) is 2.97. The smallest absolute Gasteiger partial charge is 0.355 e. The lowest BCUT2D eigenvalue weighted by molar-refractivity contribution is -0.139. The highest BCUT2D eigenvalue weighted by atomic mass is 16.5. The van der Waals surface area contributed by atoms with Crippen LogP contribution in [0.25, 0.3) is 0 Å². The van der Waals surface area contributed by atoms with Crippen molar-refractivity contribution in [2.24, 2.45) is 5.73 Å². The van der Waals surface area contributed by atoms with Crippen molar-refractivity contribution >= 4 is 29.2 Å². The number of ether oxygens (including phenoxy) is 2. The van der Waals surface area contributed by atoms with Crippen molar-refractivity contribution < 1.29 is 23.9 Å². The second-order valence-corrected chi connectivity index (χ2v) is 9.12. The van der Waals surface area contributed by atoms with Crippen LogP contribution in [0.3, 0.4) is 0 Å². The number of amides is 1. The van der Waals surface area contributed by atoms with Gasteiger partial charge in [0.1, 0.15) is 11.5 Å². The van der Waals surface area contributed by atoms with Crippen molar-refractivity contribution in [3.8, 4) is 6.07 Å². The minimum Gasteiger partial charge on any atom is -0.466 e. The highest BCUT2D eigenvalue weighted by Gasteiger charge is 2.43. The Balaban J connectivity index is 2.00. The van der Waals surface area contributed by atoms with Crippen molar-refractivity contribution in [3.05, 3.63) is 118 Å². The third-order valence-electron chi connectivity index (χ3n) is 6.64. The number of nitriles is 1. The van der Waals surface area contributed by atoms with Crippen LogP contribution >= 0.6 is 0 Å². The van der Waals surface area contributed by atoms with Crippen LogP contribution in [0.2, 0.25) is 0 Å². The summed E-state index contributed by atoms with van der Waals surface area (Å²) in [6.07, 6.45) is 0. The molecule has 0 bridgehead atoms. The van der Waals surface area contributed by atoms with E-state index in [1.165, 1.54) is 19.1 Å². The van der Waals surface area contributed by atoms with E-state index in [-0.39, 0.29) is 34.3 Å². The van der Waals surface area contributed by atoms with E-state index >= 15 is 0 Å². The first kappa shape index (κ1) is 27.7. The standard InChI is InChI=1S/C31H28N4O5/c1-18-14-15-23(34-29(36)21-13-9-8-10-19(21)2)24(16-18)35-27(31(38)40-4)26(30(37)39-3)25(22(17-32)28(35)33)20-11-6-5-7-12-20/h5-16,25H,33H2,1-4H3,(H,34,36). The third kappa shape index (κ3) is 5.02. The lowest BCUT2D eigenvalue weighted by Crippen LogP contribution is -2.41. The van der Waals surface area contributed by atoms with Crippen LogP contribution in [-0.2, 0) is 19.1 Å². The van der Waals surface area contributed by atoms with Crippen LogP contribution in [0.5, 0.6) is 0 Å². The molecule has 0 fully saturated rings. The Bertz CT molecular complexity index is 1600. The van der Waals surface area contributed by atoms with Gasteiger partial charge in [0.25, 0.3) is 5.91 Å². The van der Waals surface area contributed by atoms with Gasteiger partial charge in [-0.25, -0.2) is 9.59 Å². The molecule has 0 saturated carbocycles. The van der Waals surface area contributed by atoms with Gasteiger partial charge in [-0.15, -0.1) is 0 Å². The predicted octanol–water partition coefficient (Wildman–Crippen LogP) is 4.45. The largest absolute Gasteiger partial charge is 0.466 e. The van der Waals surface area contributed by atoms with Crippen LogP contribution in [0.15, 0.2) is 95.5 Å². The molecule has 4 rings (SSSR count). The zero-order chi connectivity index (χ0) is 29.0. The van der Waals surface area contributed by atoms with Crippen LogP contribution < -0.4 is 16.0 Å². The highest BCUT2D eigenvalue weighted by Crippen LogP contribution is 2.45. The minimum atomic E-state index is -1.00. The van der Waals surface area contributed by atoms with Crippen molar-refractivity contribution in [2.45, 2.75) is 19.8 Å². The zero-order valence-corrected chi connectivity index (χ0v) is 22.5.